The minimum Gasteiger partial charge on any atom is -0.491 e. The van der Waals surface area contributed by atoms with Crippen LogP contribution in [-0.4, -0.2) is 17.3 Å². The molecule has 0 aromatic heterocycles. The van der Waals surface area contributed by atoms with Gasteiger partial charge < -0.3 is 4.74 Å². The maximum absolute atomic E-state index is 10.5. The average Bonchev–Trinajstić information content (AvgIpc) is 2.52. The quantitative estimate of drug-likeness (QED) is 0.352. The van der Waals surface area contributed by atoms with Crippen LogP contribution in [0.3, 0.4) is 0 Å². The van der Waals surface area contributed by atoms with E-state index in [4.69, 9.17) is 10.00 Å². The summed E-state index contributed by atoms with van der Waals surface area (Å²) in [5.74, 6) is 1.27. The van der Waals surface area contributed by atoms with E-state index in [-0.39, 0.29) is 5.69 Å². The van der Waals surface area contributed by atoms with Gasteiger partial charge in [0, 0.05) is 22.8 Å². The largest absolute Gasteiger partial charge is 0.491 e. The highest BCUT2D eigenvalue weighted by atomic mass is 32.2. The highest BCUT2D eigenvalue weighted by Gasteiger charge is 2.05. The van der Waals surface area contributed by atoms with E-state index < -0.39 is 4.92 Å². The highest BCUT2D eigenvalue weighted by Crippen LogP contribution is 2.22. The second kappa shape index (κ2) is 7.31. The number of para-hydroxylation sites is 1. The Morgan fingerprint density at radius 1 is 1.19 bits per heavy atom. The third-order valence-corrected chi connectivity index (χ3v) is 3.64. The third-order valence-electron chi connectivity index (χ3n) is 2.66. The molecule has 0 radical (unpaired) electrons. The molecule has 0 aliphatic heterocycles. The zero-order valence-electron chi connectivity index (χ0n) is 11.1. The van der Waals surface area contributed by atoms with E-state index in [0.29, 0.717) is 23.7 Å². The molecule has 106 valence electrons. The predicted molar refractivity (Wildman–Crippen MR) is 80.5 cm³/mol. The fraction of sp³-hybridized carbons (Fsp3) is 0.133. The third kappa shape index (κ3) is 4.23. The molecular weight excluding hydrogens is 288 g/mol. The molecule has 0 amide bonds. The van der Waals surface area contributed by atoms with Gasteiger partial charge >= 0.3 is 0 Å². The summed E-state index contributed by atoms with van der Waals surface area (Å²) in [6.07, 6.45) is 0. The van der Waals surface area contributed by atoms with Crippen molar-refractivity contribution < 1.29 is 9.66 Å². The fourth-order valence-corrected chi connectivity index (χ4v) is 2.39. The molecule has 0 saturated heterocycles. The first kappa shape index (κ1) is 14.9. The first-order valence-electron chi connectivity index (χ1n) is 6.20. The van der Waals surface area contributed by atoms with Crippen LogP contribution in [-0.2, 0) is 0 Å². The van der Waals surface area contributed by atoms with Crippen molar-refractivity contribution >= 4 is 17.4 Å². The molecule has 2 aromatic rings. The molecule has 0 aliphatic rings. The molecule has 2 rings (SSSR count). The van der Waals surface area contributed by atoms with Gasteiger partial charge in [0.05, 0.1) is 17.1 Å². The van der Waals surface area contributed by atoms with Crippen LogP contribution >= 0.6 is 11.8 Å². The fourth-order valence-electron chi connectivity index (χ4n) is 1.66. The van der Waals surface area contributed by atoms with Crippen molar-refractivity contribution in [1.82, 2.24) is 0 Å². The lowest BCUT2D eigenvalue weighted by atomic mass is 10.2. The number of hydrogen-bond donors (Lipinski definition) is 0. The number of nitriles is 1. The minimum absolute atomic E-state index is 0.0820. The normalized spacial score (nSPS) is 9.86. The summed E-state index contributed by atoms with van der Waals surface area (Å²) in [6.45, 7) is 0.459. The number of hydrogen-bond acceptors (Lipinski definition) is 5. The lowest BCUT2D eigenvalue weighted by molar-refractivity contribution is -0.384. The number of non-ortho nitro benzene ring substituents is 1. The van der Waals surface area contributed by atoms with Crippen molar-refractivity contribution in [3.05, 3.63) is 64.2 Å². The smallest absolute Gasteiger partial charge is 0.269 e. The number of thioether (sulfide) groups is 1. The van der Waals surface area contributed by atoms with E-state index in [1.807, 2.05) is 6.07 Å². The Labute approximate surface area is 126 Å². The molecule has 0 bridgehead atoms. The molecule has 21 heavy (non-hydrogen) atoms. The monoisotopic (exact) mass is 300 g/mol. The Morgan fingerprint density at radius 3 is 2.57 bits per heavy atom. The molecule has 0 saturated carbocycles. The van der Waals surface area contributed by atoms with Gasteiger partial charge in [0.1, 0.15) is 11.8 Å². The molecule has 0 atom stereocenters. The molecular formula is C15H12N2O3S. The number of rotatable bonds is 6. The second-order valence-corrected chi connectivity index (χ2v) is 5.22. The first-order valence-corrected chi connectivity index (χ1v) is 7.18. The molecule has 0 fully saturated rings. The minimum atomic E-state index is -0.420. The maximum atomic E-state index is 10.5. The van der Waals surface area contributed by atoms with E-state index in [2.05, 4.69) is 6.07 Å². The van der Waals surface area contributed by atoms with Gasteiger partial charge in [-0.05, 0) is 24.3 Å². The van der Waals surface area contributed by atoms with Crippen molar-refractivity contribution in [2.45, 2.75) is 4.90 Å². The van der Waals surface area contributed by atoms with Gasteiger partial charge in [0.15, 0.2) is 0 Å². The van der Waals surface area contributed by atoms with Crippen LogP contribution < -0.4 is 4.74 Å². The van der Waals surface area contributed by atoms with Crippen molar-refractivity contribution in [2.75, 3.05) is 12.4 Å². The van der Waals surface area contributed by atoms with Crippen LogP contribution in [0, 0.1) is 21.4 Å². The Hall–Kier alpha value is -2.52. The number of benzene rings is 2. The SMILES string of the molecule is N#Cc1ccccc1OCCSc1ccc([N+](=O)[O-])cc1. The molecule has 6 heteroatoms. The van der Waals surface area contributed by atoms with E-state index in [0.717, 1.165) is 4.90 Å². The van der Waals surface area contributed by atoms with Crippen LogP contribution in [0.1, 0.15) is 5.56 Å². The summed E-state index contributed by atoms with van der Waals surface area (Å²) in [6, 6.07) is 15.5. The van der Waals surface area contributed by atoms with E-state index >= 15 is 0 Å². The molecule has 0 spiro atoms. The first-order chi connectivity index (χ1) is 10.2. The molecule has 0 aliphatic carbocycles. The van der Waals surface area contributed by atoms with Gasteiger partial charge in [-0.1, -0.05) is 12.1 Å². The van der Waals surface area contributed by atoms with Crippen molar-refractivity contribution in [2.24, 2.45) is 0 Å². The summed E-state index contributed by atoms with van der Waals surface area (Å²) in [4.78, 5) is 11.1. The van der Waals surface area contributed by atoms with E-state index in [1.54, 1.807) is 42.1 Å². The Bertz CT molecular complexity index is 665. The number of nitro groups is 1. The van der Waals surface area contributed by atoms with E-state index in [9.17, 15) is 10.1 Å². The summed E-state index contributed by atoms with van der Waals surface area (Å²) in [7, 11) is 0. The zero-order chi connectivity index (χ0) is 15.1. The summed E-state index contributed by atoms with van der Waals surface area (Å²) >= 11 is 1.54. The molecule has 2 aromatic carbocycles. The van der Waals surface area contributed by atoms with Crippen molar-refractivity contribution in [3.8, 4) is 11.8 Å². The van der Waals surface area contributed by atoms with Gasteiger partial charge in [-0.25, -0.2) is 0 Å². The second-order valence-electron chi connectivity index (χ2n) is 4.06. The standard InChI is InChI=1S/C15H12N2O3S/c16-11-12-3-1-2-4-15(12)20-9-10-21-14-7-5-13(6-8-14)17(18)19/h1-8H,9-10H2. The Kier molecular flexibility index (Phi) is 5.18. The summed E-state index contributed by atoms with van der Waals surface area (Å²) < 4.78 is 5.56. The van der Waals surface area contributed by atoms with Gasteiger partial charge in [0.2, 0.25) is 0 Å². The predicted octanol–water partition coefficient (Wildman–Crippen LogP) is 3.64. The average molecular weight is 300 g/mol. The Morgan fingerprint density at radius 2 is 1.90 bits per heavy atom. The van der Waals surface area contributed by atoms with Crippen molar-refractivity contribution in [1.29, 1.82) is 5.26 Å². The van der Waals surface area contributed by atoms with Crippen molar-refractivity contribution in [3.63, 3.8) is 0 Å². The highest BCUT2D eigenvalue weighted by molar-refractivity contribution is 7.99. The number of ether oxygens (including phenoxy) is 1. The van der Waals surface area contributed by atoms with E-state index in [1.165, 1.54) is 12.1 Å². The molecule has 0 heterocycles. The topological polar surface area (TPSA) is 76.2 Å². The summed E-state index contributed by atoms with van der Waals surface area (Å²) in [5, 5.41) is 19.5. The lowest BCUT2D eigenvalue weighted by Gasteiger charge is -2.07. The Balaban J connectivity index is 1.82. The molecule has 5 nitrogen and oxygen atoms in total. The molecule has 0 N–H and O–H groups in total. The van der Waals surface area contributed by atoms with Crippen LogP contribution in [0.25, 0.3) is 0 Å². The maximum Gasteiger partial charge on any atom is 0.269 e. The van der Waals surface area contributed by atoms with Crippen LogP contribution in [0.2, 0.25) is 0 Å². The number of nitrogens with zero attached hydrogens (tertiary/aromatic N) is 2. The zero-order valence-corrected chi connectivity index (χ0v) is 11.9. The van der Waals surface area contributed by atoms with Gasteiger partial charge in [-0.2, -0.15) is 5.26 Å². The van der Waals surface area contributed by atoms with Crippen LogP contribution in [0.15, 0.2) is 53.4 Å². The summed E-state index contributed by atoms with van der Waals surface area (Å²) in [5.41, 5.74) is 0.594. The van der Waals surface area contributed by atoms with Gasteiger partial charge in [-0.3, -0.25) is 10.1 Å². The molecule has 0 unspecified atom stereocenters. The lowest BCUT2D eigenvalue weighted by Crippen LogP contribution is -2.01. The van der Waals surface area contributed by atoms with Crippen LogP contribution in [0.5, 0.6) is 5.75 Å². The van der Waals surface area contributed by atoms with Gasteiger partial charge in [0.25, 0.3) is 5.69 Å². The van der Waals surface area contributed by atoms with Gasteiger partial charge in [-0.15, -0.1) is 11.8 Å². The number of nitro benzene ring substituents is 1. The van der Waals surface area contributed by atoms with Crippen LogP contribution in [0.4, 0.5) is 5.69 Å².